The molecule has 1 aromatic rings. The second-order valence-electron chi connectivity index (χ2n) is 4.51. The largest absolute Gasteiger partial charge is 0.340 e. The van der Waals surface area contributed by atoms with E-state index in [1.807, 2.05) is 31.5 Å². The van der Waals surface area contributed by atoms with Crippen molar-refractivity contribution in [3.8, 4) is 0 Å². The first-order valence-corrected chi connectivity index (χ1v) is 7.49. The lowest BCUT2D eigenvalue weighted by atomic mass is 10.1. The first-order valence-electron chi connectivity index (χ1n) is 6.10. The molecule has 0 saturated carbocycles. The molecule has 0 radical (unpaired) electrons. The van der Waals surface area contributed by atoms with Gasteiger partial charge in [0, 0.05) is 13.6 Å². The molecule has 0 aliphatic carbocycles. The Hall–Kier alpha value is -1.00. The third kappa shape index (κ3) is 4.35. The first kappa shape index (κ1) is 15.1. The van der Waals surface area contributed by atoms with Gasteiger partial charge in [-0.05, 0) is 36.5 Å². The highest BCUT2D eigenvalue weighted by atomic mass is 32.2. The number of likely N-dealkylation sites (N-methyl/N-ethyl adjacent to an activating group) is 1. The van der Waals surface area contributed by atoms with Gasteiger partial charge >= 0.3 is 0 Å². The molecule has 1 aromatic carbocycles. The van der Waals surface area contributed by atoms with E-state index in [2.05, 4.69) is 13.0 Å². The van der Waals surface area contributed by atoms with Gasteiger partial charge in [0.2, 0.25) is 5.91 Å². The summed E-state index contributed by atoms with van der Waals surface area (Å²) in [6.45, 7) is 2.68. The van der Waals surface area contributed by atoms with Crippen LogP contribution in [0, 0.1) is 6.92 Å². The zero-order valence-electron chi connectivity index (χ0n) is 11.3. The van der Waals surface area contributed by atoms with E-state index in [0.717, 1.165) is 12.2 Å². The standard InChI is InChI=1S/C14H22N2OS/c1-11-6-4-5-7-12(11)10-16(2)14(17)13(15)8-9-18-3/h4-7,13H,8-10,15H2,1-3H3/t13-/m1/s1. The normalized spacial score (nSPS) is 12.2. The van der Waals surface area contributed by atoms with E-state index in [1.165, 1.54) is 11.1 Å². The molecular formula is C14H22N2OS. The molecule has 0 fully saturated rings. The third-order valence-electron chi connectivity index (χ3n) is 3.00. The highest BCUT2D eigenvalue weighted by Gasteiger charge is 2.17. The minimum Gasteiger partial charge on any atom is -0.340 e. The van der Waals surface area contributed by atoms with Gasteiger partial charge in [-0.25, -0.2) is 0 Å². The Bertz CT molecular complexity index is 395. The van der Waals surface area contributed by atoms with Crippen LogP contribution in [0.5, 0.6) is 0 Å². The number of amides is 1. The minimum absolute atomic E-state index is 0.0207. The second-order valence-corrected chi connectivity index (χ2v) is 5.49. The summed E-state index contributed by atoms with van der Waals surface area (Å²) in [4.78, 5) is 13.8. The van der Waals surface area contributed by atoms with Gasteiger partial charge in [0.1, 0.15) is 0 Å². The fourth-order valence-electron chi connectivity index (χ4n) is 1.77. The van der Waals surface area contributed by atoms with Crippen molar-refractivity contribution in [2.75, 3.05) is 19.1 Å². The van der Waals surface area contributed by atoms with Crippen LogP contribution >= 0.6 is 11.8 Å². The highest BCUT2D eigenvalue weighted by molar-refractivity contribution is 7.98. The average Bonchev–Trinajstić information content (AvgIpc) is 2.37. The number of carbonyl (C=O) groups excluding carboxylic acids is 1. The van der Waals surface area contributed by atoms with Crippen molar-refractivity contribution in [2.45, 2.75) is 25.9 Å². The van der Waals surface area contributed by atoms with E-state index in [4.69, 9.17) is 5.73 Å². The molecule has 18 heavy (non-hydrogen) atoms. The number of hydrogen-bond donors (Lipinski definition) is 1. The summed E-state index contributed by atoms with van der Waals surface area (Å²) in [6, 6.07) is 7.72. The van der Waals surface area contributed by atoms with Crippen molar-refractivity contribution in [2.24, 2.45) is 5.73 Å². The Balaban J connectivity index is 2.57. The maximum absolute atomic E-state index is 12.1. The molecule has 1 rings (SSSR count). The van der Waals surface area contributed by atoms with Crippen molar-refractivity contribution >= 4 is 17.7 Å². The first-order chi connectivity index (χ1) is 8.56. The Morgan fingerprint density at radius 2 is 2.11 bits per heavy atom. The van der Waals surface area contributed by atoms with Crippen molar-refractivity contribution < 1.29 is 4.79 Å². The number of aryl methyl sites for hydroxylation is 1. The van der Waals surface area contributed by atoms with Crippen molar-refractivity contribution in [3.05, 3.63) is 35.4 Å². The number of benzene rings is 1. The summed E-state index contributed by atoms with van der Waals surface area (Å²) in [5.41, 5.74) is 8.27. The van der Waals surface area contributed by atoms with E-state index in [9.17, 15) is 4.79 Å². The highest BCUT2D eigenvalue weighted by Crippen LogP contribution is 2.10. The van der Waals surface area contributed by atoms with Crippen LogP contribution < -0.4 is 5.73 Å². The molecule has 1 atom stereocenters. The smallest absolute Gasteiger partial charge is 0.239 e. The van der Waals surface area contributed by atoms with E-state index in [0.29, 0.717) is 6.54 Å². The van der Waals surface area contributed by atoms with Gasteiger partial charge in [-0.2, -0.15) is 11.8 Å². The molecule has 0 bridgehead atoms. The SMILES string of the molecule is CSCC[C@@H](N)C(=O)N(C)Cc1ccccc1C. The zero-order chi connectivity index (χ0) is 13.5. The molecule has 0 spiro atoms. The number of nitrogens with two attached hydrogens (primary N) is 1. The van der Waals surface area contributed by atoms with E-state index in [1.54, 1.807) is 16.7 Å². The molecule has 0 unspecified atom stereocenters. The molecule has 0 aliphatic rings. The molecule has 0 aromatic heterocycles. The summed E-state index contributed by atoms with van der Waals surface area (Å²) < 4.78 is 0. The molecule has 2 N–H and O–H groups in total. The molecule has 0 aliphatic heterocycles. The van der Waals surface area contributed by atoms with E-state index < -0.39 is 0 Å². The van der Waals surface area contributed by atoms with E-state index >= 15 is 0 Å². The van der Waals surface area contributed by atoms with Crippen molar-refractivity contribution in [1.29, 1.82) is 0 Å². The van der Waals surface area contributed by atoms with Crippen LogP contribution in [0.25, 0.3) is 0 Å². The lowest BCUT2D eigenvalue weighted by Crippen LogP contribution is -2.41. The monoisotopic (exact) mass is 266 g/mol. The summed E-state index contributed by atoms with van der Waals surface area (Å²) in [5.74, 6) is 0.942. The van der Waals surface area contributed by atoms with Crippen LogP contribution in [0.15, 0.2) is 24.3 Å². The van der Waals surface area contributed by atoms with Gasteiger partial charge in [-0.1, -0.05) is 24.3 Å². The number of thioether (sulfide) groups is 1. The minimum atomic E-state index is -0.383. The Morgan fingerprint density at radius 1 is 1.44 bits per heavy atom. The summed E-state index contributed by atoms with van der Waals surface area (Å²) >= 11 is 1.71. The number of hydrogen-bond acceptors (Lipinski definition) is 3. The summed E-state index contributed by atoms with van der Waals surface area (Å²) in [5, 5.41) is 0. The lowest BCUT2D eigenvalue weighted by molar-refractivity contribution is -0.131. The van der Waals surface area contributed by atoms with Gasteiger partial charge in [0.15, 0.2) is 0 Å². The Morgan fingerprint density at radius 3 is 2.72 bits per heavy atom. The fraction of sp³-hybridized carbons (Fsp3) is 0.500. The van der Waals surface area contributed by atoms with Crippen LogP contribution in [0.1, 0.15) is 17.5 Å². The fourth-order valence-corrected chi connectivity index (χ4v) is 2.26. The second kappa shape index (κ2) is 7.44. The van der Waals surface area contributed by atoms with Crippen LogP contribution in [0.2, 0.25) is 0 Å². The maximum Gasteiger partial charge on any atom is 0.239 e. The molecule has 0 saturated heterocycles. The lowest BCUT2D eigenvalue weighted by Gasteiger charge is -2.22. The molecule has 0 heterocycles. The summed E-state index contributed by atoms with van der Waals surface area (Å²) in [7, 11) is 1.81. The topological polar surface area (TPSA) is 46.3 Å². The van der Waals surface area contributed by atoms with Crippen LogP contribution in [-0.2, 0) is 11.3 Å². The maximum atomic E-state index is 12.1. The van der Waals surface area contributed by atoms with Crippen LogP contribution in [0.4, 0.5) is 0 Å². The number of nitrogens with zero attached hydrogens (tertiary/aromatic N) is 1. The quantitative estimate of drug-likeness (QED) is 0.857. The van der Waals surface area contributed by atoms with Crippen molar-refractivity contribution in [1.82, 2.24) is 4.90 Å². The van der Waals surface area contributed by atoms with Crippen LogP contribution in [-0.4, -0.2) is 35.9 Å². The molecule has 4 heteroatoms. The number of rotatable bonds is 6. The Kier molecular flexibility index (Phi) is 6.22. The molecular weight excluding hydrogens is 244 g/mol. The van der Waals surface area contributed by atoms with Gasteiger partial charge in [-0.3, -0.25) is 4.79 Å². The predicted octanol–water partition coefficient (Wildman–Crippen LogP) is 2.03. The molecule has 3 nitrogen and oxygen atoms in total. The average molecular weight is 266 g/mol. The third-order valence-corrected chi connectivity index (χ3v) is 3.64. The molecule has 1 amide bonds. The van der Waals surface area contributed by atoms with E-state index in [-0.39, 0.29) is 11.9 Å². The zero-order valence-corrected chi connectivity index (χ0v) is 12.2. The van der Waals surface area contributed by atoms with Crippen molar-refractivity contribution in [3.63, 3.8) is 0 Å². The predicted molar refractivity (Wildman–Crippen MR) is 78.6 cm³/mol. The Labute approximate surface area is 114 Å². The van der Waals surface area contributed by atoms with Gasteiger partial charge in [0.25, 0.3) is 0 Å². The van der Waals surface area contributed by atoms with Gasteiger partial charge in [0.05, 0.1) is 6.04 Å². The summed E-state index contributed by atoms with van der Waals surface area (Å²) in [6.07, 6.45) is 2.76. The molecule has 100 valence electrons. The van der Waals surface area contributed by atoms with Gasteiger partial charge in [-0.15, -0.1) is 0 Å². The van der Waals surface area contributed by atoms with Gasteiger partial charge < -0.3 is 10.6 Å². The van der Waals surface area contributed by atoms with Crippen LogP contribution in [0.3, 0.4) is 0 Å². The number of carbonyl (C=O) groups is 1.